The van der Waals surface area contributed by atoms with Crippen LogP contribution in [0.25, 0.3) is 0 Å². The van der Waals surface area contributed by atoms with E-state index in [0.29, 0.717) is 67.4 Å². The van der Waals surface area contributed by atoms with Gasteiger partial charge in [0, 0.05) is 38.3 Å². The van der Waals surface area contributed by atoms with Crippen LogP contribution in [0.4, 0.5) is 47.3 Å². The fourth-order valence-electron chi connectivity index (χ4n) is 7.07. The maximum atomic E-state index is 14.2. The van der Waals surface area contributed by atoms with Crippen molar-refractivity contribution in [3.63, 3.8) is 0 Å². The lowest BCUT2D eigenvalue weighted by molar-refractivity contribution is -0.143. The molecule has 0 spiro atoms. The quantitative estimate of drug-likeness (QED) is 0.158. The van der Waals surface area contributed by atoms with Crippen LogP contribution in [0.1, 0.15) is 72.4 Å². The van der Waals surface area contributed by atoms with Crippen LogP contribution in [0.2, 0.25) is 0 Å². The first kappa shape index (κ1) is 41.1. The smallest absolute Gasteiger partial charge is 0.416 e. The van der Waals surface area contributed by atoms with Gasteiger partial charge in [0.25, 0.3) is 0 Å². The summed E-state index contributed by atoms with van der Waals surface area (Å²) in [5.74, 6) is 0.332. The summed E-state index contributed by atoms with van der Waals surface area (Å²) >= 11 is 0. The zero-order valence-corrected chi connectivity index (χ0v) is 31.4. The number of fused-ring (bicyclic) bond motifs is 1. The molecule has 11 nitrogen and oxygen atoms in total. The van der Waals surface area contributed by atoms with Crippen LogP contribution in [0.15, 0.2) is 79.1 Å². The highest BCUT2D eigenvalue weighted by Crippen LogP contribution is 2.43. The Kier molecular flexibility index (Phi) is 12.4. The molecule has 2 amide bonds. The van der Waals surface area contributed by atoms with Crippen molar-refractivity contribution >= 4 is 23.6 Å². The summed E-state index contributed by atoms with van der Waals surface area (Å²) in [6.07, 6.45) is -7.68. The number of piperazine rings is 1. The van der Waals surface area contributed by atoms with E-state index in [1.807, 2.05) is 42.2 Å². The lowest BCUT2D eigenvalue weighted by atomic mass is 9.88. The van der Waals surface area contributed by atoms with E-state index in [1.165, 1.54) is 24.4 Å². The fraction of sp³-hybridized carbons (Fsp3) is 0.400. The summed E-state index contributed by atoms with van der Waals surface area (Å²) in [6.45, 7) is 5.22. The minimum atomic E-state index is -5.10. The van der Waals surface area contributed by atoms with Gasteiger partial charge >= 0.3 is 24.5 Å². The van der Waals surface area contributed by atoms with E-state index < -0.39 is 53.8 Å². The molecule has 0 aliphatic carbocycles. The molecule has 2 aliphatic rings. The van der Waals surface area contributed by atoms with Gasteiger partial charge < -0.3 is 24.0 Å². The number of alkyl halides is 6. The maximum Gasteiger partial charge on any atom is 0.416 e. The Labute approximate surface area is 325 Å². The summed E-state index contributed by atoms with van der Waals surface area (Å²) < 4.78 is 101. The molecule has 6 rings (SSSR count). The molecule has 3 atom stereocenters. The minimum Gasteiger partial charge on any atom is -0.497 e. The van der Waals surface area contributed by atoms with E-state index in [9.17, 15) is 35.9 Å². The van der Waals surface area contributed by atoms with Crippen molar-refractivity contribution in [2.24, 2.45) is 0 Å². The van der Waals surface area contributed by atoms with Crippen molar-refractivity contribution in [3.05, 3.63) is 113 Å². The van der Waals surface area contributed by atoms with Gasteiger partial charge in [0.05, 0.1) is 54.7 Å². The summed E-state index contributed by atoms with van der Waals surface area (Å²) in [7, 11) is 1.45. The number of aromatic nitrogens is 2. The summed E-state index contributed by atoms with van der Waals surface area (Å²) in [5.41, 5.74) is -0.981. The highest BCUT2D eigenvalue weighted by Gasteiger charge is 2.41. The number of ether oxygens (including phenoxy) is 3. The van der Waals surface area contributed by atoms with Gasteiger partial charge in [0.1, 0.15) is 18.2 Å². The number of hydrogen-bond acceptors (Lipinski definition) is 9. The van der Waals surface area contributed by atoms with Crippen molar-refractivity contribution in [3.8, 4) is 5.75 Å². The molecular weight excluding hydrogens is 758 g/mol. The molecular formula is C40H42F6N6O5. The van der Waals surface area contributed by atoms with E-state index in [1.54, 1.807) is 30.0 Å². The predicted octanol–water partition coefficient (Wildman–Crippen LogP) is 8.55. The van der Waals surface area contributed by atoms with Crippen LogP contribution >= 0.6 is 0 Å². The fourth-order valence-corrected chi connectivity index (χ4v) is 7.07. The van der Waals surface area contributed by atoms with Crippen LogP contribution in [0.5, 0.6) is 5.75 Å². The van der Waals surface area contributed by atoms with E-state index in [4.69, 9.17) is 14.2 Å². The lowest BCUT2D eigenvalue weighted by Crippen LogP contribution is -2.49. The largest absolute Gasteiger partial charge is 0.497 e. The third-order valence-corrected chi connectivity index (χ3v) is 10.0. The molecule has 57 heavy (non-hydrogen) atoms. The number of carbonyl (C=O) groups is 2. The molecule has 3 aromatic carbocycles. The molecule has 4 aromatic rings. The molecule has 17 heteroatoms. The summed E-state index contributed by atoms with van der Waals surface area (Å²) in [5, 5.41) is 3.28. The molecule has 1 aromatic heterocycles. The highest BCUT2D eigenvalue weighted by atomic mass is 19.4. The van der Waals surface area contributed by atoms with Gasteiger partial charge in [-0.05, 0) is 72.9 Å². The Hall–Kier alpha value is -5.58. The average Bonchev–Trinajstić information content (AvgIpc) is 3.21. The van der Waals surface area contributed by atoms with Gasteiger partial charge in [0.15, 0.2) is 0 Å². The molecule has 304 valence electrons. The number of methoxy groups -OCH3 is 1. The number of nitrogens with one attached hydrogen (secondary N) is 1. The van der Waals surface area contributed by atoms with Crippen molar-refractivity contribution in [2.45, 2.75) is 63.8 Å². The number of nitrogens with zero attached hydrogens (tertiary/aromatic N) is 5. The van der Waals surface area contributed by atoms with Crippen molar-refractivity contribution in [1.82, 2.24) is 20.2 Å². The van der Waals surface area contributed by atoms with E-state index in [0.717, 1.165) is 5.56 Å². The van der Waals surface area contributed by atoms with Gasteiger partial charge in [-0.25, -0.2) is 19.6 Å². The molecule has 1 unspecified atom stereocenters. The number of benzene rings is 3. The van der Waals surface area contributed by atoms with E-state index >= 15 is 0 Å². The number of rotatable bonds is 10. The Balaban J connectivity index is 1.32. The molecule has 1 N–H and O–H groups in total. The average molecular weight is 801 g/mol. The zero-order chi connectivity index (χ0) is 40.9. The Morgan fingerprint density at radius 2 is 1.49 bits per heavy atom. The molecule has 1 saturated heterocycles. The summed E-state index contributed by atoms with van der Waals surface area (Å²) in [4.78, 5) is 39.9. The molecule has 0 bridgehead atoms. The van der Waals surface area contributed by atoms with Gasteiger partial charge in [0.2, 0.25) is 0 Å². The molecule has 3 heterocycles. The highest BCUT2D eigenvalue weighted by molar-refractivity contribution is 5.90. The second-order valence-electron chi connectivity index (χ2n) is 13.6. The Morgan fingerprint density at radius 1 is 0.842 bits per heavy atom. The first-order valence-electron chi connectivity index (χ1n) is 18.4. The van der Waals surface area contributed by atoms with Crippen molar-refractivity contribution in [1.29, 1.82) is 0 Å². The van der Waals surface area contributed by atoms with Gasteiger partial charge in [-0.2, -0.15) is 26.3 Å². The van der Waals surface area contributed by atoms with Crippen molar-refractivity contribution in [2.75, 3.05) is 49.7 Å². The monoisotopic (exact) mass is 800 g/mol. The van der Waals surface area contributed by atoms with Gasteiger partial charge in [-0.15, -0.1) is 0 Å². The standard InChI is InChI=1S/C40H42F6N6O5/c1-4-29-20-33(32-21-31(55-3)11-12-34(32)52(29)38(54)56-5-2)49-35(26-17-27(39(41,42)43)19-28(18-26)40(44,45)46)36-47-22-30(23-48-36)50-13-15-51(16-14-50)37(53)57-24-25-9-7-6-8-10-25/h6-12,17-19,21-23,29,33,35,49H,4-5,13-16,20,24H2,1-3H3/t29-,33+,35?/m1/s1. The van der Waals surface area contributed by atoms with Gasteiger partial charge in [-0.1, -0.05) is 37.3 Å². The van der Waals surface area contributed by atoms with Crippen LogP contribution in [-0.4, -0.2) is 73.0 Å². The molecule has 1 fully saturated rings. The SMILES string of the molecule is CCOC(=O)N1c2ccc(OC)cc2[C@@H](NC(c2cc(C(F)(F)F)cc(C(F)(F)F)c2)c2ncc(N3CCN(C(=O)OCc4ccccc4)CC3)cn2)C[C@H]1CC. The lowest BCUT2D eigenvalue weighted by Gasteiger charge is -2.41. The summed E-state index contributed by atoms with van der Waals surface area (Å²) in [6, 6.07) is 13.1. The van der Waals surface area contributed by atoms with Crippen LogP contribution in [0.3, 0.4) is 0 Å². The number of carbonyl (C=O) groups excluding carboxylic acids is 2. The normalized spacial score (nSPS) is 17.8. The molecule has 0 radical (unpaired) electrons. The minimum absolute atomic E-state index is 0.0761. The van der Waals surface area contributed by atoms with Crippen LogP contribution in [-0.2, 0) is 28.4 Å². The van der Waals surface area contributed by atoms with Crippen LogP contribution in [0, 0.1) is 0 Å². The van der Waals surface area contributed by atoms with Gasteiger partial charge in [-0.3, -0.25) is 10.2 Å². The molecule has 2 aliphatic heterocycles. The second-order valence-corrected chi connectivity index (χ2v) is 13.6. The van der Waals surface area contributed by atoms with E-state index in [2.05, 4.69) is 15.3 Å². The molecule has 0 saturated carbocycles. The predicted molar refractivity (Wildman–Crippen MR) is 198 cm³/mol. The topological polar surface area (TPSA) is 109 Å². The number of anilines is 2. The zero-order valence-electron chi connectivity index (χ0n) is 31.4. The second kappa shape index (κ2) is 17.3. The number of hydrogen-bond donors (Lipinski definition) is 1. The first-order chi connectivity index (χ1) is 27.2. The van der Waals surface area contributed by atoms with Crippen LogP contribution < -0.4 is 19.9 Å². The van der Waals surface area contributed by atoms with E-state index in [-0.39, 0.29) is 37.1 Å². The Morgan fingerprint density at radius 3 is 2.07 bits per heavy atom. The van der Waals surface area contributed by atoms with Crippen molar-refractivity contribution < 1.29 is 50.1 Å². The first-order valence-corrected chi connectivity index (χ1v) is 18.4. The number of halogens is 6. The third kappa shape index (κ3) is 9.52. The number of amides is 2. The third-order valence-electron chi connectivity index (χ3n) is 10.0. The maximum absolute atomic E-state index is 14.2. The Bertz CT molecular complexity index is 1980.